The van der Waals surface area contributed by atoms with Gasteiger partial charge in [0.25, 0.3) is 0 Å². The molecule has 0 spiro atoms. The second-order valence-corrected chi connectivity index (χ2v) is 3.22. The lowest BCUT2D eigenvalue weighted by Gasteiger charge is -2.10. The van der Waals surface area contributed by atoms with Gasteiger partial charge in [0.2, 0.25) is 0 Å². The van der Waals surface area contributed by atoms with Crippen LogP contribution in [0.15, 0.2) is 24.3 Å². The van der Waals surface area contributed by atoms with Gasteiger partial charge in [0.15, 0.2) is 0 Å². The average Bonchev–Trinajstić information content (AvgIpc) is 2.28. The maximum Gasteiger partial charge on any atom is 0.405 e. The van der Waals surface area contributed by atoms with Crippen LogP contribution in [0.3, 0.4) is 0 Å². The molecule has 1 unspecified atom stereocenters. The summed E-state index contributed by atoms with van der Waals surface area (Å²) in [5, 5.41) is 10.8. The number of terminal acetylenes is 1. The van der Waals surface area contributed by atoms with Crippen molar-refractivity contribution in [2.75, 3.05) is 7.11 Å². The summed E-state index contributed by atoms with van der Waals surface area (Å²) < 4.78 is 5.01. The minimum Gasteiger partial charge on any atom is -0.497 e. The number of hydrogen-bond donors (Lipinski definition) is 2. The van der Waals surface area contributed by atoms with Crippen molar-refractivity contribution in [3.8, 4) is 18.1 Å². The van der Waals surface area contributed by atoms with Gasteiger partial charge in [0.05, 0.1) is 13.2 Å². The zero-order valence-corrected chi connectivity index (χ0v) is 8.93. The fraction of sp³-hybridized carbons (Fsp3) is 0.250. The third-order valence-electron chi connectivity index (χ3n) is 2.10. The van der Waals surface area contributed by atoms with Crippen LogP contribution in [-0.4, -0.2) is 24.4 Å². The van der Waals surface area contributed by atoms with Crippen molar-refractivity contribution in [3.05, 3.63) is 29.8 Å². The Kier molecular flexibility index (Phi) is 4.22. The van der Waals surface area contributed by atoms with E-state index in [-0.39, 0.29) is 0 Å². The van der Waals surface area contributed by atoms with E-state index in [0.717, 1.165) is 11.3 Å². The Morgan fingerprint density at radius 1 is 1.56 bits per heavy atom. The molecular weight excluding hydrogens is 206 g/mol. The summed E-state index contributed by atoms with van der Waals surface area (Å²) in [5.74, 6) is 3.14. The van der Waals surface area contributed by atoms with E-state index in [1.165, 1.54) is 0 Å². The topological polar surface area (TPSA) is 58.6 Å². The number of carbonyl (C=O) groups is 1. The van der Waals surface area contributed by atoms with Crippen LogP contribution in [0.1, 0.15) is 5.56 Å². The smallest absolute Gasteiger partial charge is 0.405 e. The van der Waals surface area contributed by atoms with Gasteiger partial charge in [-0.1, -0.05) is 18.1 Å². The Morgan fingerprint density at radius 3 is 2.62 bits per heavy atom. The first kappa shape index (κ1) is 11.9. The van der Waals surface area contributed by atoms with E-state index < -0.39 is 12.1 Å². The SMILES string of the molecule is C#CC(Cc1ccc(OC)cc1)NC(=O)O. The summed E-state index contributed by atoms with van der Waals surface area (Å²) in [5.41, 5.74) is 0.956. The van der Waals surface area contributed by atoms with Crippen LogP contribution in [0.2, 0.25) is 0 Å². The van der Waals surface area contributed by atoms with E-state index in [1.807, 2.05) is 24.3 Å². The summed E-state index contributed by atoms with van der Waals surface area (Å²) in [4.78, 5) is 10.4. The van der Waals surface area contributed by atoms with E-state index >= 15 is 0 Å². The summed E-state index contributed by atoms with van der Waals surface area (Å²) in [6.07, 6.45) is 4.58. The van der Waals surface area contributed by atoms with Crippen molar-refractivity contribution in [2.24, 2.45) is 0 Å². The molecule has 4 nitrogen and oxygen atoms in total. The van der Waals surface area contributed by atoms with E-state index in [4.69, 9.17) is 16.3 Å². The molecule has 1 aromatic rings. The van der Waals surface area contributed by atoms with E-state index in [0.29, 0.717) is 6.42 Å². The van der Waals surface area contributed by atoms with Crippen LogP contribution >= 0.6 is 0 Å². The third kappa shape index (κ3) is 3.54. The highest BCUT2D eigenvalue weighted by Crippen LogP contribution is 2.12. The lowest BCUT2D eigenvalue weighted by molar-refractivity contribution is 0.192. The number of amides is 1. The quantitative estimate of drug-likeness (QED) is 0.754. The molecule has 0 aliphatic rings. The van der Waals surface area contributed by atoms with Crippen LogP contribution in [-0.2, 0) is 6.42 Å². The van der Waals surface area contributed by atoms with Gasteiger partial charge in [0.1, 0.15) is 5.75 Å². The maximum atomic E-state index is 10.4. The number of ether oxygens (including phenoxy) is 1. The molecule has 0 aromatic heterocycles. The minimum atomic E-state index is -1.11. The van der Waals surface area contributed by atoms with Crippen molar-refractivity contribution in [2.45, 2.75) is 12.5 Å². The van der Waals surface area contributed by atoms with Gasteiger partial charge < -0.3 is 15.2 Å². The number of carboxylic acid groups (broad SMARTS) is 1. The molecule has 0 aliphatic carbocycles. The highest BCUT2D eigenvalue weighted by atomic mass is 16.5. The van der Waals surface area contributed by atoms with Crippen LogP contribution in [0.4, 0.5) is 4.79 Å². The van der Waals surface area contributed by atoms with Crippen LogP contribution in [0.5, 0.6) is 5.75 Å². The Hall–Kier alpha value is -2.15. The standard InChI is InChI=1S/C12H13NO3/c1-3-10(13-12(14)15)8-9-4-6-11(16-2)7-5-9/h1,4-7,10,13H,8H2,2H3,(H,14,15). The zero-order valence-electron chi connectivity index (χ0n) is 8.93. The van der Waals surface area contributed by atoms with Crippen molar-refractivity contribution >= 4 is 6.09 Å². The number of methoxy groups -OCH3 is 1. The molecule has 4 heteroatoms. The van der Waals surface area contributed by atoms with E-state index in [2.05, 4.69) is 11.2 Å². The largest absolute Gasteiger partial charge is 0.497 e. The zero-order chi connectivity index (χ0) is 12.0. The van der Waals surface area contributed by atoms with E-state index in [9.17, 15) is 4.79 Å². The monoisotopic (exact) mass is 219 g/mol. The van der Waals surface area contributed by atoms with Crippen molar-refractivity contribution in [1.82, 2.24) is 5.32 Å². The van der Waals surface area contributed by atoms with Crippen LogP contribution in [0, 0.1) is 12.3 Å². The molecule has 84 valence electrons. The molecule has 0 fully saturated rings. The second-order valence-electron chi connectivity index (χ2n) is 3.22. The summed E-state index contributed by atoms with van der Waals surface area (Å²) >= 11 is 0. The molecule has 16 heavy (non-hydrogen) atoms. The fourth-order valence-electron chi connectivity index (χ4n) is 1.30. The van der Waals surface area contributed by atoms with Gasteiger partial charge >= 0.3 is 6.09 Å². The molecule has 1 atom stereocenters. The molecule has 0 heterocycles. The highest BCUT2D eigenvalue weighted by Gasteiger charge is 2.08. The highest BCUT2D eigenvalue weighted by molar-refractivity contribution is 5.65. The minimum absolute atomic E-state index is 0.465. The van der Waals surface area contributed by atoms with Crippen LogP contribution < -0.4 is 10.1 Å². The predicted octanol–water partition coefficient (Wildman–Crippen LogP) is 1.51. The lowest BCUT2D eigenvalue weighted by atomic mass is 10.1. The average molecular weight is 219 g/mol. The van der Waals surface area contributed by atoms with Crippen molar-refractivity contribution in [3.63, 3.8) is 0 Å². The predicted molar refractivity (Wildman–Crippen MR) is 60.5 cm³/mol. The lowest BCUT2D eigenvalue weighted by Crippen LogP contribution is -2.33. The molecule has 1 amide bonds. The van der Waals surface area contributed by atoms with Gasteiger partial charge in [-0.05, 0) is 17.7 Å². The maximum absolute atomic E-state index is 10.4. The number of nitrogens with one attached hydrogen (secondary N) is 1. The van der Waals surface area contributed by atoms with Crippen LogP contribution in [0.25, 0.3) is 0 Å². The first-order valence-corrected chi connectivity index (χ1v) is 4.74. The van der Waals surface area contributed by atoms with Gasteiger partial charge in [-0.25, -0.2) is 4.79 Å². The summed E-state index contributed by atoms with van der Waals surface area (Å²) in [6, 6.07) is 6.82. The molecule has 1 aromatic carbocycles. The van der Waals surface area contributed by atoms with Crippen molar-refractivity contribution < 1.29 is 14.6 Å². The van der Waals surface area contributed by atoms with Gasteiger partial charge in [0, 0.05) is 6.42 Å². The number of benzene rings is 1. The van der Waals surface area contributed by atoms with Crippen molar-refractivity contribution in [1.29, 1.82) is 0 Å². The first-order chi connectivity index (χ1) is 7.65. The second kappa shape index (κ2) is 5.66. The van der Waals surface area contributed by atoms with E-state index in [1.54, 1.807) is 7.11 Å². The Labute approximate surface area is 94.2 Å². The van der Waals surface area contributed by atoms with Gasteiger partial charge in [-0.3, -0.25) is 0 Å². The molecule has 2 N–H and O–H groups in total. The Bertz CT molecular complexity index is 392. The molecule has 0 saturated heterocycles. The third-order valence-corrected chi connectivity index (χ3v) is 2.10. The fourth-order valence-corrected chi connectivity index (χ4v) is 1.30. The molecular formula is C12H13NO3. The van der Waals surface area contributed by atoms with Gasteiger partial charge in [-0.15, -0.1) is 6.42 Å². The first-order valence-electron chi connectivity index (χ1n) is 4.74. The summed E-state index contributed by atoms with van der Waals surface area (Å²) in [7, 11) is 1.59. The van der Waals surface area contributed by atoms with Gasteiger partial charge in [-0.2, -0.15) is 0 Å². The number of rotatable bonds is 4. The number of hydrogen-bond acceptors (Lipinski definition) is 2. The Balaban J connectivity index is 2.64. The Morgan fingerprint density at radius 2 is 2.19 bits per heavy atom. The molecule has 1 rings (SSSR count). The molecule has 0 radical (unpaired) electrons. The normalized spacial score (nSPS) is 11.2. The molecule has 0 aliphatic heterocycles. The summed E-state index contributed by atoms with van der Waals surface area (Å²) in [6.45, 7) is 0. The molecule has 0 saturated carbocycles. The molecule has 0 bridgehead atoms.